The van der Waals surface area contributed by atoms with Gasteiger partial charge in [-0.2, -0.15) is 15.8 Å². The van der Waals surface area contributed by atoms with Crippen LogP contribution in [-0.2, 0) is 19.2 Å². The van der Waals surface area contributed by atoms with Crippen LogP contribution < -0.4 is 14.9 Å². The molecule has 18 heteroatoms. The molecular weight excluding hydrogens is 1040 g/mol. The molecule has 0 radical (unpaired) electrons. The second-order valence-corrected chi connectivity index (χ2v) is 16.2. The second-order valence-electron chi connectivity index (χ2n) is 15.3. The van der Waals surface area contributed by atoms with Crippen LogP contribution in [0.5, 0.6) is 23.0 Å². The highest BCUT2D eigenvalue weighted by Crippen LogP contribution is 2.27. The highest BCUT2D eigenvalue weighted by atomic mass is 79.9. The predicted molar refractivity (Wildman–Crippen MR) is 286 cm³/mol. The first-order chi connectivity index (χ1) is 36.5. The van der Waals surface area contributed by atoms with Crippen LogP contribution in [0, 0.1) is 40.6 Å². The van der Waals surface area contributed by atoms with Crippen molar-refractivity contribution in [1.82, 2.24) is 0 Å². The minimum Gasteiger partial charge on any atom is -0.508 e. The number of aliphatic carboxylic acids is 2. The van der Waals surface area contributed by atoms with Crippen molar-refractivity contribution in [1.29, 1.82) is 15.8 Å². The smallest absolute Gasteiger partial charge is 0.488 e. The first kappa shape index (κ1) is 58.2. The second kappa shape index (κ2) is 30.5. The molecule has 0 atom stereocenters. The van der Waals surface area contributed by atoms with Gasteiger partial charge in [0.15, 0.2) is 5.69 Å². The van der Waals surface area contributed by atoms with E-state index < -0.39 is 43.8 Å². The fourth-order valence-electron chi connectivity index (χ4n) is 6.17. The summed E-state index contributed by atoms with van der Waals surface area (Å²) in [5, 5.41) is 76.9. The van der Waals surface area contributed by atoms with Gasteiger partial charge < -0.3 is 39.9 Å². The normalized spacial score (nSPS) is 9.46. The molecule has 0 saturated carbocycles. The molecule has 16 nitrogen and oxygen atoms in total. The summed E-state index contributed by atoms with van der Waals surface area (Å²) in [4.78, 5) is 46.6. The van der Waals surface area contributed by atoms with E-state index in [-0.39, 0.29) is 5.75 Å². The Hall–Kier alpha value is -10.3. The van der Waals surface area contributed by atoms with E-state index in [1.165, 1.54) is 6.07 Å². The summed E-state index contributed by atoms with van der Waals surface area (Å²) in [5.41, 5.74) is 7.96. The number of ether oxygens (including phenoxy) is 2. The van der Waals surface area contributed by atoms with Crippen LogP contribution in [0.1, 0.15) is 29.5 Å². The molecule has 0 fully saturated rings. The number of nitrogens with zero attached hydrogens (tertiary/aromatic N) is 4. The van der Waals surface area contributed by atoms with Crippen LogP contribution in [0.15, 0.2) is 199 Å². The number of carboxylic acid groups (broad SMARTS) is 2. The average Bonchev–Trinajstić information content (AvgIpc) is 3.42. The first-order valence-electron chi connectivity index (χ1n) is 22.1. The molecule has 0 aliphatic carbocycles. The lowest BCUT2D eigenvalue weighted by molar-refractivity contribution is -0.148. The minimum absolute atomic E-state index is 0.246. The number of benzene rings is 8. The van der Waals surface area contributed by atoms with Crippen molar-refractivity contribution < 1.29 is 59.1 Å². The van der Waals surface area contributed by atoms with E-state index in [1.54, 1.807) is 140 Å². The Labute approximate surface area is 445 Å². The number of carbonyl (C=O) groups is 4. The zero-order valence-corrected chi connectivity index (χ0v) is 41.4. The lowest BCUT2D eigenvalue weighted by Crippen LogP contribution is -2.29. The fraction of sp³-hybridized carbons (Fsp3) is 0.0345. The molecule has 0 bridgehead atoms. The number of aromatic hydroxyl groups is 2. The number of carboxylic acids is 2. The van der Waals surface area contributed by atoms with E-state index in [0.717, 1.165) is 37.9 Å². The molecule has 8 rings (SSSR count). The third-order valence-electron chi connectivity index (χ3n) is 9.73. The van der Waals surface area contributed by atoms with Gasteiger partial charge in [0, 0.05) is 4.47 Å². The molecule has 0 aliphatic heterocycles. The molecule has 0 saturated heterocycles. The van der Waals surface area contributed by atoms with Crippen LogP contribution in [-0.4, -0.2) is 61.5 Å². The number of esters is 2. The zero-order chi connectivity index (χ0) is 55.4. The van der Waals surface area contributed by atoms with Gasteiger partial charge in [0.2, 0.25) is 0 Å². The molecule has 0 aromatic heterocycles. The summed E-state index contributed by atoms with van der Waals surface area (Å²) in [6.45, 7) is 7.12. The maximum Gasteiger partial charge on any atom is 0.488 e. The number of carbonyl (C=O) groups excluding carboxylic acids is 2. The van der Waals surface area contributed by atoms with E-state index in [1.807, 2.05) is 54.6 Å². The maximum atomic E-state index is 12.2. The van der Waals surface area contributed by atoms with Crippen molar-refractivity contribution in [2.75, 3.05) is 0 Å². The molecule has 76 heavy (non-hydrogen) atoms. The van der Waals surface area contributed by atoms with E-state index in [4.69, 9.17) is 62.3 Å². The number of hydrogen-bond donors (Lipinski definition) is 6. The van der Waals surface area contributed by atoms with Crippen LogP contribution in [0.4, 0.5) is 5.69 Å². The van der Waals surface area contributed by atoms with Crippen molar-refractivity contribution in [2.45, 2.75) is 12.8 Å². The first-order valence-corrected chi connectivity index (χ1v) is 22.9. The highest BCUT2D eigenvalue weighted by molar-refractivity contribution is 9.10. The van der Waals surface area contributed by atoms with Gasteiger partial charge in [-0.15, -0.1) is 0 Å². The number of rotatable bonds is 10. The molecule has 0 amide bonds. The quantitative estimate of drug-likeness (QED) is 0.0244. The molecule has 0 unspecified atom stereocenters. The molecular formula is C58H42BBrN4O12. The molecule has 8 aromatic carbocycles. The zero-order valence-electron chi connectivity index (χ0n) is 39.8. The third kappa shape index (κ3) is 20.8. The van der Waals surface area contributed by atoms with E-state index in [0.29, 0.717) is 45.1 Å². The minimum atomic E-state index is -1.50. The Kier molecular flexibility index (Phi) is 23.4. The Morgan fingerprint density at radius 1 is 0.487 bits per heavy atom. The topological polar surface area (TPSA) is 284 Å². The molecule has 376 valence electrons. The summed E-state index contributed by atoms with van der Waals surface area (Å²) >= 11 is 3.23. The summed E-state index contributed by atoms with van der Waals surface area (Å²) < 4.78 is 11.5. The van der Waals surface area contributed by atoms with Crippen LogP contribution in [0.2, 0.25) is 0 Å². The largest absolute Gasteiger partial charge is 0.508 e. The molecule has 8 aromatic rings. The van der Waals surface area contributed by atoms with Crippen LogP contribution in [0.25, 0.3) is 38.2 Å². The highest BCUT2D eigenvalue weighted by Gasteiger charge is 2.15. The number of phenolic OH excluding ortho intramolecular Hbond substituents is 2. The van der Waals surface area contributed by atoms with Gasteiger partial charge >= 0.3 is 31.0 Å². The maximum absolute atomic E-state index is 12.2. The summed E-state index contributed by atoms with van der Waals surface area (Å²) in [7, 11) is -1.50. The van der Waals surface area contributed by atoms with Gasteiger partial charge in [-0.05, 0) is 142 Å². The Morgan fingerprint density at radius 2 is 0.855 bits per heavy atom. The number of halogens is 1. The number of hydrogen-bond acceptors (Lipinski definition) is 13. The van der Waals surface area contributed by atoms with Crippen LogP contribution in [0.3, 0.4) is 0 Å². The number of nitriles is 3. The van der Waals surface area contributed by atoms with Crippen molar-refractivity contribution in [3.05, 3.63) is 227 Å². The molecule has 0 aliphatic rings. The van der Waals surface area contributed by atoms with Crippen LogP contribution >= 0.6 is 15.9 Å². The van der Waals surface area contributed by atoms with E-state index in [2.05, 4.69) is 32.9 Å². The fourth-order valence-corrected chi connectivity index (χ4v) is 6.43. The van der Waals surface area contributed by atoms with Crippen molar-refractivity contribution in [3.63, 3.8) is 0 Å². The molecule has 0 heterocycles. The summed E-state index contributed by atoms with van der Waals surface area (Å²) in [6, 6.07) is 61.4. The average molecular weight is 1080 g/mol. The van der Waals surface area contributed by atoms with E-state index in [9.17, 15) is 19.2 Å². The molecule has 0 spiro atoms. The van der Waals surface area contributed by atoms with E-state index >= 15 is 0 Å². The van der Waals surface area contributed by atoms with Gasteiger partial charge in [0.1, 0.15) is 35.8 Å². The van der Waals surface area contributed by atoms with Crippen molar-refractivity contribution in [3.8, 4) is 74.6 Å². The van der Waals surface area contributed by atoms with Gasteiger partial charge in [-0.25, -0.2) is 4.85 Å². The lowest BCUT2D eigenvalue weighted by Gasteiger charge is -2.08. The summed E-state index contributed by atoms with van der Waals surface area (Å²) in [6.07, 6.45) is -1.35. The lowest BCUT2D eigenvalue weighted by atomic mass is 9.80. The number of phenols is 2. The summed E-state index contributed by atoms with van der Waals surface area (Å²) in [5.74, 6) is -2.95. The van der Waals surface area contributed by atoms with Gasteiger partial charge in [0.05, 0.1) is 41.5 Å². The predicted octanol–water partition coefficient (Wildman–Crippen LogP) is 10.2. The third-order valence-corrected chi connectivity index (χ3v) is 10.3. The Morgan fingerprint density at radius 3 is 1.22 bits per heavy atom. The van der Waals surface area contributed by atoms with Gasteiger partial charge in [-0.3, -0.25) is 19.2 Å². The van der Waals surface area contributed by atoms with Gasteiger partial charge in [0.25, 0.3) is 0 Å². The SMILES string of the molecule is N#Cc1cccc(-c2ccc(O)cc2)c1.N#Cc1cccc(B(O)O)c1.O=C(O)CC(=O)O.Oc1ccc(Br)cc1.[C-]#[N+]c1cccc(-c2ccc(OC(=O)CC(=O)Oc3ccc(-c4cccc(C#N)c4)cc3)cc2)c1. The standard InChI is InChI=1S/C29H18N2O4.C13H9NO.C7H6BNO2.C6H5BrO.C3H4O4/c1-31-25-7-3-6-24(17-25)22-10-14-27(15-11-22)35-29(33)18-28(32)34-26-12-8-21(9-13-26)23-5-2-4-20(16-23)19-30;14-9-10-2-1-3-12(8-10)11-4-6-13(15)7-5-11;9-5-6-2-1-3-7(4-6)8(10)11;7-5-1-3-6(8)4-2-5;4-2(5)1-3(6)7/h2-17H,18H2;1-8,15H;1-4,10-11H;1-4,8H;1H2,(H,4,5)(H,6,7). The Bertz CT molecular complexity index is 3270. The monoisotopic (exact) mass is 1080 g/mol. The van der Waals surface area contributed by atoms with Gasteiger partial charge in [-0.1, -0.05) is 107 Å². The Balaban J connectivity index is 0.000000247. The van der Waals surface area contributed by atoms with Crippen molar-refractivity contribution in [2.24, 2.45) is 0 Å². The molecule has 6 N–H and O–H groups in total. The van der Waals surface area contributed by atoms with Crippen molar-refractivity contribution >= 4 is 58.1 Å².